The number of rotatable bonds is 4. The summed E-state index contributed by atoms with van der Waals surface area (Å²) < 4.78 is 28.2. The summed E-state index contributed by atoms with van der Waals surface area (Å²) in [6, 6.07) is 12.4. The third-order valence-corrected chi connectivity index (χ3v) is 4.16. The van der Waals surface area contributed by atoms with E-state index in [1.165, 1.54) is 6.33 Å². The van der Waals surface area contributed by atoms with Crippen molar-refractivity contribution in [3.05, 3.63) is 60.7 Å². The highest BCUT2D eigenvalue weighted by molar-refractivity contribution is 7.88. The largest absolute Gasteiger partial charge is 0.307 e. The molecule has 20 heavy (non-hydrogen) atoms. The number of aromatic nitrogens is 3. The summed E-state index contributed by atoms with van der Waals surface area (Å²) in [5, 5.41) is 0. The lowest BCUT2D eigenvalue weighted by Crippen LogP contribution is -2.29. The Morgan fingerprint density at radius 3 is 2.65 bits per heavy atom. The highest BCUT2D eigenvalue weighted by atomic mass is 32.2. The van der Waals surface area contributed by atoms with E-state index in [1.807, 2.05) is 12.1 Å². The van der Waals surface area contributed by atoms with E-state index in [0.29, 0.717) is 16.7 Å². The Balaban J connectivity index is 1.89. The second-order valence-corrected chi connectivity index (χ2v) is 5.81. The minimum absolute atomic E-state index is 0.135. The van der Waals surface area contributed by atoms with Crippen molar-refractivity contribution in [3.8, 4) is 0 Å². The van der Waals surface area contributed by atoms with Crippen molar-refractivity contribution in [2.75, 3.05) is 0 Å². The monoisotopic (exact) mass is 288 g/mol. The van der Waals surface area contributed by atoms with Gasteiger partial charge in [0.05, 0.1) is 23.3 Å². The number of pyridine rings is 1. The minimum atomic E-state index is -3.68. The van der Waals surface area contributed by atoms with Crippen LogP contribution in [0.4, 0.5) is 0 Å². The number of fused-ring (bicyclic) bond motifs is 1. The van der Waals surface area contributed by atoms with Gasteiger partial charge in [-0.3, -0.25) is 4.98 Å². The fourth-order valence-corrected chi connectivity index (χ4v) is 2.92. The predicted molar refractivity (Wildman–Crippen MR) is 75.1 cm³/mol. The van der Waals surface area contributed by atoms with Gasteiger partial charge in [0.15, 0.2) is 0 Å². The summed E-state index contributed by atoms with van der Waals surface area (Å²) in [6.07, 6.45) is 2.92. The van der Waals surface area contributed by atoms with E-state index < -0.39 is 10.2 Å². The third kappa shape index (κ3) is 2.40. The lowest BCUT2D eigenvalue weighted by Gasteiger charge is -2.07. The third-order valence-electron chi connectivity index (χ3n) is 2.84. The van der Waals surface area contributed by atoms with E-state index in [1.54, 1.807) is 36.5 Å². The van der Waals surface area contributed by atoms with E-state index in [9.17, 15) is 8.42 Å². The van der Waals surface area contributed by atoms with Gasteiger partial charge < -0.3 is 0 Å². The molecule has 0 radical (unpaired) electrons. The van der Waals surface area contributed by atoms with Crippen molar-refractivity contribution in [3.63, 3.8) is 0 Å². The summed E-state index contributed by atoms with van der Waals surface area (Å²) in [4.78, 5) is 8.14. The van der Waals surface area contributed by atoms with Gasteiger partial charge >= 0.3 is 10.2 Å². The van der Waals surface area contributed by atoms with Crippen molar-refractivity contribution in [2.45, 2.75) is 6.54 Å². The fourth-order valence-electron chi connectivity index (χ4n) is 1.87. The molecule has 0 saturated carbocycles. The van der Waals surface area contributed by atoms with Gasteiger partial charge in [-0.15, -0.1) is 0 Å². The molecule has 0 saturated heterocycles. The van der Waals surface area contributed by atoms with Crippen molar-refractivity contribution in [2.24, 2.45) is 0 Å². The van der Waals surface area contributed by atoms with Crippen molar-refractivity contribution in [1.29, 1.82) is 0 Å². The van der Waals surface area contributed by atoms with E-state index >= 15 is 0 Å². The van der Waals surface area contributed by atoms with Crippen LogP contribution in [0.1, 0.15) is 5.69 Å². The first kappa shape index (κ1) is 12.8. The van der Waals surface area contributed by atoms with Gasteiger partial charge in [-0.2, -0.15) is 13.1 Å². The summed E-state index contributed by atoms with van der Waals surface area (Å²) in [5.41, 5.74) is 1.83. The lowest BCUT2D eigenvalue weighted by molar-refractivity contribution is 0.572. The zero-order valence-corrected chi connectivity index (χ0v) is 11.3. The minimum Gasteiger partial charge on any atom is -0.260 e. The van der Waals surface area contributed by atoms with Crippen molar-refractivity contribution >= 4 is 21.2 Å². The van der Waals surface area contributed by atoms with Gasteiger partial charge in [-0.25, -0.2) is 8.96 Å². The molecule has 7 heteroatoms. The predicted octanol–water partition coefficient (Wildman–Crippen LogP) is 1.31. The molecule has 0 amide bonds. The summed E-state index contributed by atoms with van der Waals surface area (Å²) in [5.74, 6) is 0. The fraction of sp³-hybridized carbons (Fsp3) is 0.0769. The lowest BCUT2D eigenvalue weighted by atomic mass is 10.3. The SMILES string of the molecule is O=S(=O)(NCc1ccccn1)n1cnc2ccccc21. The van der Waals surface area contributed by atoms with Crippen LogP contribution in [0.3, 0.4) is 0 Å². The molecule has 0 atom stereocenters. The van der Waals surface area contributed by atoms with Gasteiger partial charge in [0.25, 0.3) is 0 Å². The Morgan fingerprint density at radius 1 is 1.05 bits per heavy atom. The van der Waals surface area contributed by atoms with Gasteiger partial charge in [0, 0.05) is 6.20 Å². The van der Waals surface area contributed by atoms with Gasteiger partial charge in [0.2, 0.25) is 0 Å². The number of benzene rings is 1. The molecule has 0 bridgehead atoms. The van der Waals surface area contributed by atoms with E-state index in [2.05, 4.69) is 14.7 Å². The van der Waals surface area contributed by atoms with Crippen LogP contribution in [-0.2, 0) is 16.8 Å². The number of nitrogens with one attached hydrogen (secondary N) is 1. The maximum absolute atomic E-state index is 12.3. The molecule has 1 aromatic carbocycles. The summed E-state index contributed by atoms with van der Waals surface area (Å²) >= 11 is 0. The quantitative estimate of drug-likeness (QED) is 0.785. The molecule has 0 spiro atoms. The zero-order valence-electron chi connectivity index (χ0n) is 10.5. The molecular weight excluding hydrogens is 276 g/mol. The smallest absolute Gasteiger partial charge is 0.260 e. The molecule has 2 aromatic heterocycles. The Labute approximate surface area is 116 Å². The van der Waals surface area contributed by atoms with Gasteiger partial charge in [-0.1, -0.05) is 18.2 Å². The molecule has 0 fully saturated rings. The first-order valence-electron chi connectivity index (χ1n) is 5.99. The Hall–Kier alpha value is -2.25. The van der Waals surface area contributed by atoms with Crippen LogP contribution < -0.4 is 4.72 Å². The molecular formula is C13H12N4O2S. The number of hydrogen-bond donors (Lipinski definition) is 1. The second kappa shape index (κ2) is 5.03. The van der Waals surface area contributed by atoms with Gasteiger partial charge in [0.1, 0.15) is 6.33 Å². The Morgan fingerprint density at radius 2 is 1.85 bits per heavy atom. The molecule has 2 heterocycles. The molecule has 1 N–H and O–H groups in total. The molecule has 102 valence electrons. The van der Waals surface area contributed by atoms with Crippen LogP contribution in [0, 0.1) is 0 Å². The number of hydrogen-bond acceptors (Lipinski definition) is 4. The van der Waals surface area contributed by atoms with Crippen molar-refractivity contribution in [1.82, 2.24) is 18.7 Å². The first-order valence-corrected chi connectivity index (χ1v) is 7.43. The van der Waals surface area contributed by atoms with Crippen LogP contribution in [0.5, 0.6) is 0 Å². The Kier molecular flexibility index (Phi) is 3.21. The van der Waals surface area contributed by atoms with Crippen molar-refractivity contribution < 1.29 is 8.42 Å². The maximum atomic E-state index is 12.3. The standard InChI is InChI=1S/C13H12N4O2S/c18-20(19,16-9-11-5-3-4-8-14-11)17-10-15-12-6-1-2-7-13(12)17/h1-8,10,16H,9H2. The van der Waals surface area contributed by atoms with Gasteiger partial charge in [-0.05, 0) is 24.3 Å². The molecule has 0 unspecified atom stereocenters. The highest BCUT2D eigenvalue weighted by Gasteiger charge is 2.15. The average molecular weight is 288 g/mol. The van der Waals surface area contributed by atoms with Crippen LogP contribution in [0.25, 0.3) is 11.0 Å². The zero-order chi connectivity index (χ0) is 14.0. The van der Waals surface area contributed by atoms with Crippen LogP contribution in [0.15, 0.2) is 55.0 Å². The topological polar surface area (TPSA) is 76.9 Å². The molecule has 0 aliphatic rings. The second-order valence-electron chi connectivity index (χ2n) is 4.18. The number of nitrogens with zero attached hydrogens (tertiary/aromatic N) is 3. The van der Waals surface area contributed by atoms with Crippen LogP contribution in [0.2, 0.25) is 0 Å². The Bertz CT molecular complexity index is 828. The summed E-state index contributed by atoms with van der Waals surface area (Å²) in [6.45, 7) is 0.135. The van der Waals surface area contributed by atoms with E-state index in [0.717, 1.165) is 3.97 Å². The van der Waals surface area contributed by atoms with E-state index in [-0.39, 0.29) is 6.54 Å². The number of imidazole rings is 1. The molecule has 0 aliphatic carbocycles. The number of para-hydroxylation sites is 2. The van der Waals surface area contributed by atoms with Crippen LogP contribution in [-0.4, -0.2) is 22.4 Å². The van der Waals surface area contributed by atoms with Crippen LogP contribution >= 0.6 is 0 Å². The summed E-state index contributed by atoms with van der Waals surface area (Å²) in [7, 11) is -3.68. The van der Waals surface area contributed by atoms with E-state index in [4.69, 9.17) is 0 Å². The average Bonchev–Trinajstić information content (AvgIpc) is 2.91. The molecule has 3 rings (SSSR count). The normalized spacial score (nSPS) is 11.8. The molecule has 6 nitrogen and oxygen atoms in total. The molecule has 0 aliphatic heterocycles. The maximum Gasteiger partial charge on any atom is 0.307 e. The molecule has 3 aromatic rings. The first-order chi connectivity index (χ1) is 9.67. The highest BCUT2D eigenvalue weighted by Crippen LogP contribution is 2.13.